The quantitative estimate of drug-likeness (QED) is 0.736. The Morgan fingerprint density at radius 2 is 2.18 bits per heavy atom. The number of amides is 1. The van der Waals surface area contributed by atoms with Gasteiger partial charge >= 0.3 is 0 Å². The zero-order valence-electron chi connectivity index (χ0n) is 10.9. The molecule has 1 heterocycles. The normalized spacial score (nSPS) is 12.8. The van der Waals surface area contributed by atoms with Crippen LogP contribution in [0.4, 0.5) is 0 Å². The number of nitrogens with one attached hydrogen (secondary N) is 2. The minimum Gasteiger partial charge on any atom is -0.354 e. The molecular weight excluding hydrogens is 218 g/mol. The van der Waals surface area contributed by atoms with E-state index in [0.717, 1.165) is 0 Å². The molecule has 0 bridgehead atoms. The maximum absolute atomic E-state index is 11.7. The van der Waals surface area contributed by atoms with Gasteiger partial charge in [0.1, 0.15) is 6.33 Å². The molecule has 0 radical (unpaired) electrons. The van der Waals surface area contributed by atoms with Crippen molar-refractivity contribution in [1.29, 1.82) is 0 Å². The first-order valence-corrected chi connectivity index (χ1v) is 5.84. The lowest BCUT2D eigenvalue weighted by molar-refractivity contribution is -0.122. The average molecular weight is 239 g/mol. The second-order valence-electron chi connectivity index (χ2n) is 4.58. The number of rotatable bonds is 6. The number of carbonyl (C=O) groups excluding carboxylic acids is 1. The van der Waals surface area contributed by atoms with Crippen molar-refractivity contribution in [2.75, 3.05) is 6.54 Å². The second-order valence-corrected chi connectivity index (χ2v) is 4.58. The van der Waals surface area contributed by atoms with Crippen LogP contribution in [0.25, 0.3) is 0 Å². The summed E-state index contributed by atoms with van der Waals surface area (Å²) in [4.78, 5) is 15.7. The van der Waals surface area contributed by atoms with E-state index in [1.807, 2.05) is 14.0 Å². The van der Waals surface area contributed by atoms with Crippen LogP contribution in [-0.2, 0) is 18.4 Å². The highest BCUT2D eigenvalue weighted by Gasteiger charge is 2.12. The standard InChI is InChI=1S/C11H21N5O/c1-8(2)5-13-11(17)9(3)12-6-10-14-7-16(4)15-10/h7-9,12H,5-6H2,1-4H3,(H,13,17). The maximum Gasteiger partial charge on any atom is 0.236 e. The summed E-state index contributed by atoms with van der Waals surface area (Å²) in [5.74, 6) is 1.16. The van der Waals surface area contributed by atoms with Gasteiger partial charge in [0.05, 0.1) is 12.6 Å². The zero-order valence-corrected chi connectivity index (χ0v) is 10.9. The Morgan fingerprint density at radius 1 is 1.47 bits per heavy atom. The Kier molecular flexibility index (Phi) is 5.09. The predicted molar refractivity (Wildman–Crippen MR) is 65.2 cm³/mol. The molecule has 6 heteroatoms. The van der Waals surface area contributed by atoms with Gasteiger partial charge in [-0.25, -0.2) is 4.98 Å². The monoisotopic (exact) mass is 239 g/mol. The van der Waals surface area contributed by atoms with Crippen LogP contribution in [-0.4, -0.2) is 33.3 Å². The molecule has 1 amide bonds. The molecular formula is C11H21N5O. The number of carbonyl (C=O) groups is 1. The minimum atomic E-state index is -0.238. The molecule has 1 unspecified atom stereocenters. The van der Waals surface area contributed by atoms with Gasteiger partial charge in [-0.05, 0) is 12.8 Å². The molecule has 0 aliphatic carbocycles. The Morgan fingerprint density at radius 3 is 2.71 bits per heavy atom. The summed E-state index contributed by atoms with van der Waals surface area (Å²) in [6, 6.07) is -0.238. The Hall–Kier alpha value is -1.43. The van der Waals surface area contributed by atoms with E-state index in [0.29, 0.717) is 24.8 Å². The minimum absolute atomic E-state index is 0.00892. The fourth-order valence-corrected chi connectivity index (χ4v) is 1.26. The smallest absolute Gasteiger partial charge is 0.236 e. The predicted octanol–water partition coefficient (Wildman–Crippen LogP) is 0.0654. The van der Waals surface area contributed by atoms with Crippen LogP contribution in [0.1, 0.15) is 26.6 Å². The van der Waals surface area contributed by atoms with Crippen molar-refractivity contribution in [3.05, 3.63) is 12.2 Å². The third kappa shape index (κ3) is 4.95. The molecule has 1 aromatic heterocycles. The number of hydrogen-bond acceptors (Lipinski definition) is 4. The topological polar surface area (TPSA) is 71.8 Å². The molecule has 1 aromatic rings. The maximum atomic E-state index is 11.7. The summed E-state index contributed by atoms with van der Waals surface area (Å²) >= 11 is 0. The third-order valence-corrected chi connectivity index (χ3v) is 2.29. The third-order valence-electron chi connectivity index (χ3n) is 2.29. The SMILES string of the molecule is CC(C)CNC(=O)C(C)NCc1ncn(C)n1. The highest BCUT2D eigenvalue weighted by atomic mass is 16.2. The molecule has 0 aliphatic heterocycles. The van der Waals surface area contributed by atoms with E-state index in [4.69, 9.17) is 0 Å². The van der Waals surface area contributed by atoms with Crippen molar-refractivity contribution >= 4 is 5.91 Å². The van der Waals surface area contributed by atoms with Crippen LogP contribution in [0.15, 0.2) is 6.33 Å². The Bertz CT molecular complexity index is 360. The van der Waals surface area contributed by atoms with Gasteiger partial charge < -0.3 is 5.32 Å². The summed E-state index contributed by atoms with van der Waals surface area (Å²) in [6.45, 7) is 7.16. The largest absolute Gasteiger partial charge is 0.354 e. The lowest BCUT2D eigenvalue weighted by Gasteiger charge is -2.14. The molecule has 96 valence electrons. The van der Waals surface area contributed by atoms with E-state index in [1.54, 1.807) is 11.0 Å². The molecule has 17 heavy (non-hydrogen) atoms. The molecule has 0 spiro atoms. The van der Waals surface area contributed by atoms with Crippen LogP contribution in [0.5, 0.6) is 0 Å². The summed E-state index contributed by atoms with van der Waals surface area (Å²) in [5.41, 5.74) is 0. The van der Waals surface area contributed by atoms with E-state index < -0.39 is 0 Å². The fourth-order valence-electron chi connectivity index (χ4n) is 1.26. The van der Waals surface area contributed by atoms with E-state index >= 15 is 0 Å². The van der Waals surface area contributed by atoms with E-state index in [2.05, 4.69) is 34.6 Å². The number of aryl methyl sites for hydroxylation is 1. The lowest BCUT2D eigenvalue weighted by atomic mass is 10.2. The molecule has 0 aromatic carbocycles. The van der Waals surface area contributed by atoms with Crippen LogP contribution in [0, 0.1) is 5.92 Å². The van der Waals surface area contributed by atoms with Gasteiger partial charge in [-0.2, -0.15) is 5.10 Å². The molecule has 1 rings (SSSR count). The second kappa shape index (κ2) is 6.34. The van der Waals surface area contributed by atoms with E-state index in [-0.39, 0.29) is 11.9 Å². The van der Waals surface area contributed by atoms with Crippen molar-refractivity contribution in [2.24, 2.45) is 13.0 Å². The van der Waals surface area contributed by atoms with Crippen LogP contribution < -0.4 is 10.6 Å². The molecule has 0 aliphatic rings. The van der Waals surface area contributed by atoms with Crippen LogP contribution in [0.3, 0.4) is 0 Å². The Labute approximate surface area is 102 Å². The zero-order chi connectivity index (χ0) is 12.8. The highest BCUT2D eigenvalue weighted by molar-refractivity contribution is 5.81. The number of nitrogens with zero attached hydrogens (tertiary/aromatic N) is 3. The molecule has 0 saturated carbocycles. The van der Waals surface area contributed by atoms with Crippen molar-refractivity contribution in [1.82, 2.24) is 25.4 Å². The van der Waals surface area contributed by atoms with E-state index in [9.17, 15) is 4.79 Å². The van der Waals surface area contributed by atoms with Crippen molar-refractivity contribution < 1.29 is 4.79 Å². The first-order chi connectivity index (χ1) is 7.99. The molecule has 0 fully saturated rings. The first-order valence-electron chi connectivity index (χ1n) is 5.84. The van der Waals surface area contributed by atoms with Gasteiger partial charge in [0.15, 0.2) is 5.82 Å². The number of aromatic nitrogens is 3. The van der Waals surface area contributed by atoms with Gasteiger partial charge in [-0.3, -0.25) is 14.8 Å². The lowest BCUT2D eigenvalue weighted by Crippen LogP contribution is -2.43. The molecule has 1 atom stereocenters. The first kappa shape index (κ1) is 13.6. The fraction of sp³-hybridized carbons (Fsp3) is 0.727. The van der Waals surface area contributed by atoms with Gasteiger partial charge in [0.2, 0.25) is 5.91 Å². The van der Waals surface area contributed by atoms with Gasteiger partial charge in [0, 0.05) is 13.6 Å². The van der Waals surface area contributed by atoms with Gasteiger partial charge in [-0.15, -0.1) is 0 Å². The number of hydrogen-bond donors (Lipinski definition) is 2. The summed E-state index contributed by atoms with van der Waals surface area (Å²) in [7, 11) is 1.81. The molecule has 0 saturated heterocycles. The van der Waals surface area contributed by atoms with Crippen molar-refractivity contribution in [3.8, 4) is 0 Å². The Balaban J connectivity index is 2.29. The van der Waals surface area contributed by atoms with Crippen LogP contribution in [0.2, 0.25) is 0 Å². The molecule has 2 N–H and O–H groups in total. The van der Waals surface area contributed by atoms with Crippen molar-refractivity contribution in [3.63, 3.8) is 0 Å². The summed E-state index contributed by atoms with van der Waals surface area (Å²) in [6.07, 6.45) is 1.64. The van der Waals surface area contributed by atoms with Crippen molar-refractivity contribution in [2.45, 2.75) is 33.4 Å². The van der Waals surface area contributed by atoms with Gasteiger partial charge in [0.25, 0.3) is 0 Å². The molecule has 6 nitrogen and oxygen atoms in total. The summed E-state index contributed by atoms with van der Waals surface area (Å²) in [5, 5.41) is 10.1. The summed E-state index contributed by atoms with van der Waals surface area (Å²) < 4.78 is 1.64. The van der Waals surface area contributed by atoms with Gasteiger partial charge in [-0.1, -0.05) is 13.8 Å². The average Bonchev–Trinajstić information content (AvgIpc) is 2.68. The highest BCUT2D eigenvalue weighted by Crippen LogP contribution is 1.92. The van der Waals surface area contributed by atoms with E-state index in [1.165, 1.54) is 0 Å². The van der Waals surface area contributed by atoms with Crippen LogP contribution >= 0.6 is 0 Å².